The number of hydrogen-bond donors (Lipinski definition) is 2. The number of nitrogens with one attached hydrogen (secondary N) is 1. The van der Waals surface area contributed by atoms with Crippen LogP contribution in [0.2, 0.25) is 0 Å². The van der Waals surface area contributed by atoms with Crippen molar-refractivity contribution in [1.29, 1.82) is 5.26 Å². The summed E-state index contributed by atoms with van der Waals surface area (Å²) < 4.78 is 0. The van der Waals surface area contributed by atoms with Gasteiger partial charge >= 0.3 is 0 Å². The van der Waals surface area contributed by atoms with Crippen LogP contribution in [0.15, 0.2) is 0 Å². The highest BCUT2D eigenvalue weighted by molar-refractivity contribution is 5.88. The van der Waals surface area contributed by atoms with Crippen LogP contribution >= 0.6 is 0 Å². The van der Waals surface area contributed by atoms with E-state index in [9.17, 15) is 14.9 Å². The van der Waals surface area contributed by atoms with Gasteiger partial charge in [-0.25, -0.2) is 0 Å². The maximum absolute atomic E-state index is 13.2. The average molecular weight is 359 g/mol. The van der Waals surface area contributed by atoms with Crippen LogP contribution < -0.4 is 11.1 Å². The smallest absolute Gasteiger partial charge is 0.228 e. The van der Waals surface area contributed by atoms with Crippen LogP contribution in [-0.2, 0) is 9.59 Å². The minimum atomic E-state index is -0.755. The molecule has 0 aromatic heterocycles. The second kappa shape index (κ2) is 7.96. The lowest BCUT2D eigenvalue weighted by Crippen LogP contribution is -2.56. The monoisotopic (exact) mass is 359 g/mol. The summed E-state index contributed by atoms with van der Waals surface area (Å²) in [6, 6.07) is 2.57. The Labute approximate surface area is 156 Å². The quantitative estimate of drug-likeness (QED) is 0.758. The van der Waals surface area contributed by atoms with Crippen molar-refractivity contribution in [3.05, 3.63) is 6.42 Å². The normalized spacial score (nSPS) is 28.6. The maximum Gasteiger partial charge on any atom is 0.228 e. The van der Waals surface area contributed by atoms with Gasteiger partial charge in [0.2, 0.25) is 11.8 Å². The van der Waals surface area contributed by atoms with Crippen molar-refractivity contribution in [2.45, 2.75) is 82.2 Å². The van der Waals surface area contributed by atoms with Crippen LogP contribution in [0.25, 0.3) is 0 Å². The fourth-order valence-corrected chi connectivity index (χ4v) is 5.10. The van der Waals surface area contributed by atoms with Gasteiger partial charge < -0.3 is 16.0 Å². The van der Waals surface area contributed by atoms with E-state index in [1.54, 1.807) is 6.42 Å². The standard InChI is InChI=1S/C20H31N4O2/c21-14-20(12-13-23-15-20)24(16-6-2-3-7-16)17(25)8-11-19(18(22)26)9-4-1-5-10-19/h8,16,23H,1-7,9-13,15H2,(H2,22,26). The molecule has 26 heavy (non-hydrogen) atoms. The summed E-state index contributed by atoms with van der Waals surface area (Å²) in [5.74, 6) is -0.375. The Morgan fingerprint density at radius 2 is 1.85 bits per heavy atom. The number of rotatable bonds is 6. The molecule has 143 valence electrons. The summed E-state index contributed by atoms with van der Waals surface area (Å²) in [6.07, 6.45) is 11.5. The SMILES string of the molecule is N#CC1(N(C(=O)[CH]CC2(C(N)=O)CCCCC2)C2CCCC2)CCNC1. The Morgan fingerprint density at radius 1 is 1.15 bits per heavy atom. The third-order valence-corrected chi connectivity index (χ3v) is 6.73. The fourth-order valence-electron chi connectivity index (χ4n) is 5.10. The molecule has 0 spiro atoms. The molecule has 0 aromatic rings. The van der Waals surface area contributed by atoms with E-state index in [1.807, 2.05) is 4.90 Å². The van der Waals surface area contributed by atoms with Crippen LogP contribution in [-0.4, -0.2) is 41.4 Å². The van der Waals surface area contributed by atoms with E-state index in [1.165, 1.54) is 0 Å². The Kier molecular flexibility index (Phi) is 5.86. The molecule has 1 atom stereocenters. The van der Waals surface area contributed by atoms with E-state index < -0.39 is 11.0 Å². The first kappa shape index (κ1) is 19.2. The Hall–Kier alpha value is -1.61. The molecule has 3 N–H and O–H groups in total. The highest BCUT2D eigenvalue weighted by Gasteiger charge is 2.47. The van der Waals surface area contributed by atoms with Gasteiger partial charge in [-0.05, 0) is 45.1 Å². The maximum atomic E-state index is 13.2. The van der Waals surface area contributed by atoms with Gasteiger partial charge in [0.15, 0.2) is 0 Å². The first-order valence-corrected chi connectivity index (χ1v) is 10.1. The Morgan fingerprint density at radius 3 is 2.38 bits per heavy atom. The van der Waals surface area contributed by atoms with Gasteiger partial charge in [-0.1, -0.05) is 32.1 Å². The van der Waals surface area contributed by atoms with E-state index in [4.69, 9.17) is 5.73 Å². The van der Waals surface area contributed by atoms with Crippen molar-refractivity contribution < 1.29 is 9.59 Å². The highest BCUT2D eigenvalue weighted by atomic mass is 16.2. The van der Waals surface area contributed by atoms with Crippen LogP contribution in [0.5, 0.6) is 0 Å². The molecule has 3 aliphatic rings. The summed E-state index contributed by atoms with van der Waals surface area (Å²) in [6.45, 7) is 1.29. The molecule has 1 unspecified atom stereocenters. The molecule has 1 radical (unpaired) electrons. The molecular formula is C20H31N4O2. The summed E-state index contributed by atoms with van der Waals surface area (Å²) in [5.41, 5.74) is 4.38. The zero-order valence-electron chi connectivity index (χ0n) is 15.6. The van der Waals surface area contributed by atoms with Crippen molar-refractivity contribution in [2.75, 3.05) is 13.1 Å². The second-order valence-electron chi connectivity index (χ2n) is 8.33. The predicted octanol–water partition coefficient (Wildman–Crippen LogP) is 2.04. The van der Waals surface area contributed by atoms with Gasteiger partial charge in [0.25, 0.3) is 0 Å². The van der Waals surface area contributed by atoms with Gasteiger partial charge in [0, 0.05) is 18.0 Å². The highest BCUT2D eigenvalue weighted by Crippen LogP contribution is 2.41. The molecule has 6 nitrogen and oxygen atoms in total. The summed E-state index contributed by atoms with van der Waals surface area (Å²) in [4.78, 5) is 27.2. The van der Waals surface area contributed by atoms with Crippen molar-refractivity contribution in [2.24, 2.45) is 11.1 Å². The van der Waals surface area contributed by atoms with Gasteiger partial charge in [-0.3, -0.25) is 9.59 Å². The zero-order chi connectivity index (χ0) is 18.6. The largest absolute Gasteiger partial charge is 0.369 e. The van der Waals surface area contributed by atoms with Crippen molar-refractivity contribution >= 4 is 11.8 Å². The van der Waals surface area contributed by atoms with Crippen LogP contribution in [0.4, 0.5) is 0 Å². The number of amides is 2. The van der Waals surface area contributed by atoms with Crippen LogP contribution in [0.3, 0.4) is 0 Å². The van der Waals surface area contributed by atoms with E-state index in [-0.39, 0.29) is 17.9 Å². The summed E-state index contributed by atoms with van der Waals surface area (Å²) in [7, 11) is 0. The predicted molar refractivity (Wildman–Crippen MR) is 98.6 cm³/mol. The molecule has 1 saturated heterocycles. The van der Waals surface area contributed by atoms with Gasteiger partial charge in [0.05, 0.1) is 12.5 Å². The molecule has 3 rings (SSSR count). The number of nitrogens with zero attached hydrogens (tertiary/aromatic N) is 2. The molecule has 0 aromatic carbocycles. The fraction of sp³-hybridized carbons (Fsp3) is 0.800. The first-order chi connectivity index (χ1) is 12.5. The number of nitrogens with two attached hydrogens (primary N) is 1. The second-order valence-corrected chi connectivity index (χ2v) is 8.33. The molecule has 2 amide bonds. The Balaban J connectivity index is 1.75. The Bertz CT molecular complexity index is 565. The number of hydrogen-bond acceptors (Lipinski definition) is 4. The summed E-state index contributed by atoms with van der Waals surface area (Å²) in [5, 5.41) is 13.1. The molecule has 1 heterocycles. The topological polar surface area (TPSA) is 99.2 Å². The summed E-state index contributed by atoms with van der Waals surface area (Å²) >= 11 is 0. The van der Waals surface area contributed by atoms with E-state index in [0.29, 0.717) is 19.4 Å². The molecule has 1 aliphatic heterocycles. The van der Waals surface area contributed by atoms with Gasteiger partial charge in [0.1, 0.15) is 5.54 Å². The van der Waals surface area contributed by atoms with E-state index in [2.05, 4.69) is 11.4 Å². The number of carbonyl (C=O) groups excluding carboxylic acids is 2. The molecule has 0 bridgehead atoms. The molecule has 3 fully saturated rings. The minimum absolute atomic E-state index is 0.0895. The average Bonchev–Trinajstić information content (AvgIpc) is 3.34. The third-order valence-electron chi connectivity index (χ3n) is 6.73. The van der Waals surface area contributed by atoms with E-state index in [0.717, 1.165) is 64.3 Å². The molecule has 2 aliphatic carbocycles. The van der Waals surface area contributed by atoms with Crippen LogP contribution in [0, 0.1) is 23.2 Å². The number of primary amides is 1. The number of carbonyl (C=O) groups is 2. The lowest BCUT2D eigenvalue weighted by Gasteiger charge is -2.41. The molecule has 6 heteroatoms. The lowest BCUT2D eigenvalue weighted by molar-refractivity contribution is -0.135. The van der Waals surface area contributed by atoms with E-state index >= 15 is 0 Å². The van der Waals surface area contributed by atoms with Gasteiger partial charge in [-0.15, -0.1) is 0 Å². The zero-order valence-corrected chi connectivity index (χ0v) is 15.6. The first-order valence-electron chi connectivity index (χ1n) is 10.1. The van der Waals surface area contributed by atoms with Crippen molar-refractivity contribution in [3.63, 3.8) is 0 Å². The number of nitriles is 1. The van der Waals surface area contributed by atoms with Crippen molar-refractivity contribution in [3.8, 4) is 6.07 Å². The van der Waals surface area contributed by atoms with Crippen molar-refractivity contribution in [1.82, 2.24) is 10.2 Å². The van der Waals surface area contributed by atoms with Gasteiger partial charge in [-0.2, -0.15) is 5.26 Å². The minimum Gasteiger partial charge on any atom is -0.369 e. The molecule has 2 saturated carbocycles. The molecular weight excluding hydrogens is 328 g/mol. The van der Waals surface area contributed by atoms with Crippen LogP contribution in [0.1, 0.15) is 70.6 Å². The lowest BCUT2D eigenvalue weighted by atomic mass is 9.70. The third kappa shape index (κ3) is 3.59.